The average molecular weight is 219 g/mol. The molecule has 0 atom stereocenters. The Morgan fingerprint density at radius 2 is 2.12 bits per heavy atom. The van der Waals surface area contributed by atoms with E-state index >= 15 is 0 Å². The van der Waals surface area contributed by atoms with Crippen LogP contribution in [0.5, 0.6) is 5.75 Å². The number of aromatic nitrogens is 3. The van der Waals surface area contributed by atoms with Crippen molar-refractivity contribution in [2.45, 2.75) is 13.8 Å². The first kappa shape index (κ1) is 10.5. The van der Waals surface area contributed by atoms with Crippen molar-refractivity contribution in [3.05, 3.63) is 40.1 Å². The zero-order valence-corrected chi connectivity index (χ0v) is 9.44. The molecule has 0 spiro atoms. The van der Waals surface area contributed by atoms with Gasteiger partial charge in [0.2, 0.25) is 0 Å². The van der Waals surface area contributed by atoms with Gasteiger partial charge in [-0.1, -0.05) is 6.07 Å². The first-order valence-electron chi connectivity index (χ1n) is 4.93. The summed E-state index contributed by atoms with van der Waals surface area (Å²) < 4.78 is 6.52. The summed E-state index contributed by atoms with van der Waals surface area (Å²) in [5.41, 5.74) is 1.46. The van der Waals surface area contributed by atoms with Crippen LogP contribution in [0.2, 0.25) is 0 Å². The number of H-pyrrole nitrogens is 1. The topological polar surface area (TPSA) is 59.9 Å². The minimum absolute atomic E-state index is 0.247. The Labute approximate surface area is 92.7 Å². The van der Waals surface area contributed by atoms with Gasteiger partial charge >= 0.3 is 5.69 Å². The first-order chi connectivity index (χ1) is 7.61. The van der Waals surface area contributed by atoms with Crippen LogP contribution in [0.4, 0.5) is 0 Å². The highest BCUT2D eigenvalue weighted by atomic mass is 16.5. The lowest BCUT2D eigenvalue weighted by atomic mass is 10.2. The average Bonchev–Trinajstić information content (AvgIpc) is 2.59. The molecule has 0 radical (unpaired) electrons. The molecule has 0 aliphatic carbocycles. The molecule has 5 nitrogen and oxygen atoms in total. The summed E-state index contributed by atoms with van der Waals surface area (Å²) in [6, 6.07) is 5.52. The smallest absolute Gasteiger partial charge is 0.348 e. The fourth-order valence-corrected chi connectivity index (χ4v) is 1.54. The first-order valence-corrected chi connectivity index (χ1v) is 4.93. The molecule has 2 aromatic rings. The second kappa shape index (κ2) is 3.84. The van der Waals surface area contributed by atoms with Crippen LogP contribution in [0.1, 0.15) is 11.4 Å². The third-order valence-corrected chi connectivity index (χ3v) is 2.37. The third-order valence-electron chi connectivity index (χ3n) is 2.37. The molecule has 0 aliphatic rings. The lowest BCUT2D eigenvalue weighted by molar-refractivity contribution is 0.411. The van der Waals surface area contributed by atoms with Crippen LogP contribution in [-0.2, 0) is 0 Å². The molecule has 84 valence electrons. The van der Waals surface area contributed by atoms with Gasteiger partial charge in [-0.25, -0.2) is 4.79 Å². The largest absolute Gasteiger partial charge is 0.496 e. The number of methoxy groups -OCH3 is 1. The lowest BCUT2D eigenvalue weighted by Gasteiger charge is -2.06. The molecule has 1 heterocycles. The van der Waals surface area contributed by atoms with Crippen molar-refractivity contribution >= 4 is 0 Å². The van der Waals surface area contributed by atoms with Crippen LogP contribution in [0.3, 0.4) is 0 Å². The Hall–Kier alpha value is -2.04. The summed E-state index contributed by atoms with van der Waals surface area (Å²) >= 11 is 0. The van der Waals surface area contributed by atoms with E-state index in [4.69, 9.17) is 4.74 Å². The van der Waals surface area contributed by atoms with Crippen molar-refractivity contribution in [3.8, 4) is 11.4 Å². The van der Waals surface area contributed by atoms with Crippen LogP contribution in [0.25, 0.3) is 5.69 Å². The summed E-state index contributed by atoms with van der Waals surface area (Å²) in [4.78, 5) is 14.1. The van der Waals surface area contributed by atoms with E-state index < -0.39 is 0 Å². The quantitative estimate of drug-likeness (QED) is 0.825. The van der Waals surface area contributed by atoms with Crippen molar-refractivity contribution < 1.29 is 4.74 Å². The van der Waals surface area contributed by atoms with E-state index in [-0.39, 0.29) is 5.69 Å². The van der Waals surface area contributed by atoms with Gasteiger partial charge in [-0.3, -0.25) is 4.98 Å². The summed E-state index contributed by atoms with van der Waals surface area (Å²) in [6.45, 7) is 3.69. The number of benzene rings is 1. The summed E-state index contributed by atoms with van der Waals surface area (Å²) in [6.07, 6.45) is 0. The van der Waals surface area contributed by atoms with Gasteiger partial charge in [0.05, 0.1) is 12.8 Å². The Kier molecular flexibility index (Phi) is 2.52. The van der Waals surface area contributed by atoms with Crippen LogP contribution in [-0.4, -0.2) is 21.9 Å². The molecule has 16 heavy (non-hydrogen) atoms. The number of nitrogens with one attached hydrogen (secondary N) is 1. The Bertz CT molecular complexity index is 569. The van der Waals surface area contributed by atoms with Gasteiger partial charge in [0, 0.05) is 6.07 Å². The van der Waals surface area contributed by atoms with E-state index in [9.17, 15) is 4.79 Å². The van der Waals surface area contributed by atoms with Gasteiger partial charge in [-0.05, 0) is 25.5 Å². The van der Waals surface area contributed by atoms with Crippen molar-refractivity contribution in [1.29, 1.82) is 0 Å². The number of ether oxygens (including phenoxy) is 1. The molecule has 0 unspecified atom stereocenters. The summed E-state index contributed by atoms with van der Waals surface area (Å²) in [7, 11) is 1.60. The number of aromatic amines is 1. The molecular weight excluding hydrogens is 206 g/mol. The summed E-state index contributed by atoms with van der Waals surface area (Å²) in [5.74, 6) is 1.33. The molecule has 0 saturated heterocycles. The number of nitrogens with zero attached hydrogens (tertiary/aromatic N) is 2. The van der Waals surface area contributed by atoms with E-state index in [1.807, 2.05) is 19.1 Å². The molecule has 1 aromatic carbocycles. The second-order valence-corrected chi connectivity index (χ2v) is 3.58. The minimum atomic E-state index is -0.247. The summed E-state index contributed by atoms with van der Waals surface area (Å²) in [5, 5.41) is 4.08. The minimum Gasteiger partial charge on any atom is -0.496 e. The molecule has 1 N–H and O–H groups in total. The second-order valence-electron chi connectivity index (χ2n) is 3.58. The van der Waals surface area contributed by atoms with Crippen molar-refractivity contribution in [1.82, 2.24) is 14.8 Å². The maximum absolute atomic E-state index is 11.5. The number of hydrogen-bond acceptors (Lipinski definition) is 3. The van der Waals surface area contributed by atoms with Crippen LogP contribution in [0.15, 0.2) is 23.0 Å². The van der Waals surface area contributed by atoms with Gasteiger partial charge in [-0.2, -0.15) is 9.78 Å². The van der Waals surface area contributed by atoms with E-state index in [1.165, 1.54) is 4.68 Å². The van der Waals surface area contributed by atoms with E-state index in [0.717, 1.165) is 11.3 Å². The molecule has 0 fully saturated rings. The van der Waals surface area contributed by atoms with Gasteiger partial charge in [0.25, 0.3) is 0 Å². The van der Waals surface area contributed by atoms with Gasteiger partial charge < -0.3 is 4.74 Å². The van der Waals surface area contributed by atoms with E-state index in [0.29, 0.717) is 11.5 Å². The molecule has 0 saturated carbocycles. The highest BCUT2D eigenvalue weighted by molar-refractivity contribution is 5.43. The Morgan fingerprint density at radius 3 is 2.69 bits per heavy atom. The third kappa shape index (κ3) is 1.71. The van der Waals surface area contributed by atoms with E-state index in [1.54, 1.807) is 20.1 Å². The Balaban J connectivity index is 2.56. The Morgan fingerprint density at radius 1 is 1.38 bits per heavy atom. The highest BCUT2D eigenvalue weighted by Gasteiger charge is 2.06. The van der Waals surface area contributed by atoms with Crippen LogP contribution < -0.4 is 10.4 Å². The normalized spacial score (nSPS) is 10.4. The molecule has 0 bridgehead atoms. The molecule has 2 rings (SSSR count). The van der Waals surface area contributed by atoms with Crippen molar-refractivity contribution in [3.63, 3.8) is 0 Å². The van der Waals surface area contributed by atoms with Crippen molar-refractivity contribution in [2.75, 3.05) is 7.11 Å². The fourth-order valence-electron chi connectivity index (χ4n) is 1.54. The van der Waals surface area contributed by atoms with Gasteiger partial charge in [0.1, 0.15) is 11.6 Å². The molecule has 0 aliphatic heterocycles. The van der Waals surface area contributed by atoms with Gasteiger partial charge in [0.15, 0.2) is 0 Å². The number of rotatable bonds is 2. The van der Waals surface area contributed by atoms with Crippen LogP contribution >= 0.6 is 0 Å². The standard InChI is InChI=1S/C11H13N3O2/c1-7-4-5-9(6-10(7)16-3)14-11(15)12-8(2)13-14/h4-6H,1-3H3,(H,12,13,15). The molecule has 5 heteroatoms. The molecular formula is C11H13N3O2. The predicted molar refractivity (Wildman–Crippen MR) is 60.2 cm³/mol. The zero-order valence-electron chi connectivity index (χ0n) is 9.44. The van der Waals surface area contributed by atoms with Crippen molar-refractivity contribution in [2.24, 2.45) is 0 Å². The fraction of sp³-hybridized carbons (Fsp3) is 0.273. The maximum atomic E-state index is 11.5. The van der Waals surface area contributed by atoms with E-state index in [2.05, 4.69) is 10.1 Å². The molecule has 1 aromatic heterocycles. The zero-order chi connectivity index (χ0) is 11.7. The maximum Gasteiger partial charge on any atom is 0.348 e. The predicted octanol–water partition coefficient (Wildman–Crippen LogP) is 1.19. The van der Waals surface area contributed by atoms with Gasteiger partial charge in [-0.15, -0.1) is 0 Å². The lowest BCUT2D eigenvalue weighted by Crippen LogP contribution is -2.16. The number of hydrogen-bond donors (Lipinski definition) is 1. The highest BCUT2D eigenvalue weighted by Crippen LogP contribution is 2.20. The SMILES string of the molecule is COc1cc(-n2nc(C)[nH]c2=O)ccc1C. The number of aryl methyl sites for hydroxylation is 2. The van der Waals surface area contributed by atoms with Crippen LogP contribution in [0, 0.1) is 13.8 Å². The molecule has 0 amide bonds. The monoisotopic (exact) mass is 219 g/mol.